The van der Waals surface area contributed by atoms with Crippen molar-refractivity contribution in [2.75, 3.05) is 43.5 Å². The summed E-state index contributed by atoms with van der Waals surface area (Å²) in [5.74, 6) is 1.75. The van der Waals surface area contributed by atoms with Gasteiger partial charge in [-0.3, -0.25) is 19.9 Å². The summed E-state index contributed by atoms with van der Waals surface area (Å²) in [6.45, 7) is 3.37. The fraction of sp³-hybridized carbons (Fsp3) is 0.333. The summed E-state index contributed by atoms with van der Waals surface area (Å²) in [4.78, 5) is 46.0. The number of aromatic nitrogens is 4. The lowest BCUT2D eigenvalue weighted by atomic mass is 9.97. The highest BCUT2D eigenvalue weighted by atomic mass is 32.2. The largest absolute Gasteiger partial charge is 0.363 e. The van der Waals surface area contributed by atoms with Gasteiger partial charge in [0.15, 0.2) is 0 Å². The number of nitrogens with one attached hydrogen (secondary N) is 2. The first-order valence-corrected chi connectivity index (χ1v) is 13.4. The molecule has 0 aliphatic carbocycles. The zero-order valence-electron chi connectivity index (χ0n) is 21.4. The highest BCUT2D eigenvalue weighted by molar-refractivity contribution is 8.18. The van der Waals surface area contributed by atoms with Gasteiger partial charge in [-0.15, -0.1) is 0 Å². The van der Waals surface area contributed by atoms with E-state index in [1.165, 1.54) is 0 Å². The van der Waals surface area contributed by atoms with Crippen LogP contribution in [0.1, 0.15) is 24.2 Å². The molecule has 3 aromatic rings. The van der Waals surface area contributed by atoms with E-state index in [2.05, 4.69) is 36.6 Å². The van der Waals surface area contributed by atoms with Gasteiger partial charge in [-0.1, -0.05) is 6.07 Å². The molecule has 0 aromatic carbocycles. The number of hydrogen-bond acceptors (Lipinski definition) is 10. The Morgan fingerprint density at radius 1 is 1.11 bits per heavy atom. The van der Waals surface area contributed by atoms with Gasteiger partial charge in [-0.25, -0.2) is 15.0 Å². The molecule has 2 fully saturated rings. The van der Waals surface area contributed by atoms with Gasteiger partial charge >= 0.3 is 0 Å². The minimum atomic E-state index is -0.383. The monoisotopic (exact) mass is 530 g/mol. The lowest BCUT2D eigenvalue weighted by molar-refractivity contribution is -0.115. The first-order valence-electron chi connectivity index (χ1n) is 12.6. The van der Waals surface area contributed by atoms with Crippen molar-refractivity contribution in [3.8, 4) is 11.3 Å². The lowest BCUT2D eigenvalue weighted by Gasteiger charge is -2.32. The van der Waals surface area contributed by atoms with Gasteiger partial charge in [0.05, 0.1) is 22.0 Å². The van der Waals surface area contributed by atoms with E-state index in [0.717, 1.165) is 67.0 Å². The second kappa shape index (κ2) is 11.7. The van der Waals surface area contributed by atoms with Crippen molar-refractivity contribution >= 4 is 40.8 Å². The Bertz CT molecular complexity index is 1340. The second-order valence-electron chi connectivity index (χ2n) is 9.51. The number of hydrogen-bond donors (Lipinski definition) is 2. The van der Waals surface area contributed by atoms with Crippen LogP contribution in [0, 0.1) is 5.92 Å². The standard InChI is InChI=1S/C27H30N8O2S/c1-34(2)24-7-6-19(16-30-24)22-5-3-4-21(31-22)17-28-15-18-9-12-35(13-10-18)26-29-11-8-20(32-26)14-23-25(36)33-27(37)38-23/h3-8,11,14,16,18,28H,9-10,12-13,15,17H2,1-2H3,(H,33,36,37). The summed E-state index contributed by atoms with van der Waals surface area (Å²) < 4.78 is 0. The van der Waals surface area contributed by atoms with Gasteiger partial charge in [0.25, 0.3) is 11.1 Å². The van der Waals surface area contributed by atoms with Crippen LogP contribution >= 0.6 is 11.8 Å². The minimum Gasteiger partial charge on any atom is -0.363 e. The number of nitrogens with zero attached hydrogens (tertiary/aromatic N) is 6. The first-order chi connectivity index (χ1) is 18.4. The fourth-order valence-corrected chi connectivity index (χ4v) is 5.10. The van der Waals surface area contributed by atoms with Crippen LogP contribution in [0.3, 0.4) is 0 Å². The van der Waals surface area contributed by atoms with Crippen molar-refractivity contribution in [3.63, 3.8) is 0 Å². The van der Waals surface area contributed by atoms with Crippen molar-refractivity contribution < 1.29 is 9.59 Å². The van der Waals surface area contributed by atoms with Crippen molar-refractivity contribution in [1.29, 1.82) is 0 Å². The quantitative estimate of drug-likeness (QED) is 0.420. The van der Waals surface area contributed by atoms with Crippen LogP contribution in [-0.4, -0.2) is 64.8 Å². The zero-order valence-corrected chi connectivity index (χ0v) is 22.2. The molecule has 11 heteroatoms. The van der Waals surface area contributed by atoms with E-state index in [1.807, 2.05) is 49.5 Å². The minimum absolute atomic E-state index is 0.350. The van der Waals surface area contributed by atoms with Crippen LogP contribution < -0.4 is 20.4 Å². The first kappa shape index (κ1) is 25.8. The van der Waals surface area contributed by atoms with E-state index >= 15 is 0 Å². The normalized spacial score (nSPS) is 17.2. The van der Waals surface area contributed by atoms with Crippen LogP contribution in [-0.2, 0) is 11.3 Å². The summed E-state index contributed by atoms with van der Waals surface area (Å²) in [5.41, 5.74) is 3.55. The molecule has 5 heterocycles. The molecule has 2 aliphatic rings. The van der Waals surface area contributed by atoms with E-state index in [9.17, 15) is 9.59 Å². The summed E-state index contributed by atoms with van der Waals surface area (Å²) in [6, 6.07) is 11.9. The van der Waals surface area contributed by atoms with Crippen molar-refractivity contribution in [2.45, 2.75) is 19.4 Å². The van der Waals surface area contributed by atoms with Crippen molar-refractivity contribution in [1.82, 2.24) is 30.6 Å². The maximum atomic E-state index is 11.8. The molecule has 0 atom stereocenters. The molecular weight excluding hydrogens is 500 g/mol. The summed E-state index contributed by atoms with van der Waals surface area (Å²) in [7, 11) is 3.95. The number of rotatable bonds is 8. The highest BCUT2D eigenvalue weighted by Crippen LogP contribution is 2.26. The molecule has 0 bridgehead atoms. The van der Waals surface area contributed by atoms with E-state index in [4.69, 9.17) is 4.98 Å². The molecule has 38 heavy (non-hydrogen) atoms. The molecule has 3 aromatic heterocycles. The van der Waals surface area contributed by atoms with Crippen LogP contribution in [0.2, 0.25) is 0 Å². The van der Waals surface area contributed by atoms with E-state index in [-0.39, 0.29) is 11.1 Å². The predicted octanol–water partition coefficient (Wildman–Crippen LogP) is 3.33. The van der Waals surface area contributed by atoms with Crippen molar-refractivity contribution in [3.05, 3.63) is 65.1 Å². The molecule has 0 unspecified atom stereocenters. The number of carbonyl (C=O) groups is 2. The highest BCUT2D eigenvalue weighted by Gasteiger charge is 2.25. The third-order valence-corrected chi connectivity index (χ3v) is 7.34. The SMILES string of the molecule is CN(C)c1ccc(-c2cccc(CNCC3CCN(c4nccc(C=C5SC(=O)NC5=O)n4)CC3)n2)cn1. The van der Waals surface area contributed by atoms with Gasteiger partial charge in [-0.05, 0) is 73.5 Å². The number of pyridine rings is 2. The van der Waals surface area contributed by atoms with E-state index < -0.39 is 0 Å². The molecule has 0 radical (unpaired) electrons. The maximum Gasteiger partial charge on any atom is 0.290 e. The Morgan fingerprint density at radius 3 is 2.66 bits per heavy atom. The molecule has 196 valence electrons. The molecule has 0 saturated carbocycles. The topological polar surface area (TPSA) is 116 Å². The smallest absolute Gasteiger partial charge is 0.290 e. The van der Waals surface area contributed by atoms with Crippen LogP contribution in [0.15, 0.2) is 53.7 Å². The number of anilines is 2. The number of piperidine rings is 1. The Labute approximate surface area is 226 Å². The van der Waals surface area contributed by atoms with Gasteiger partial charge in [0, 0.05) is 51.7 Å². The Hall–Kier alpha value is -3.83. The molecule has 2 amide bonds. The Balaban J connectivity index is 1.10. The van der Waals surface area contributed by atoms with Gasteiger partial charge in [0.1, 0.15) is 5.82 Å². The lowest BCUT2D eigenvalue weighted by Crippen LogP contribution is -2.38. The molecule has 2 N–H and O–H groups in total. The summed E-state index contributed by atoms with van der Waals surface area (Å²) in [6.07, 6.45) is 7.25. The van der Waals surface area contributed by atoms with E-state index in [1.54, 1.807) is 18.3 Å². The van der Waals surface area contributed by atoms with Gasteiger partial charge in [-0.2, -0.15) is 0 Å². The summed E-state index contributed by atoms with van der Waals surface area (Å²) in [5, 5.41) is 5.48. The zero-order chi connectivity index (χ0) is 26.5. The second-order valence-corrected chi connectivity index (χ2v) is 10.5. The Morgan fingerprint density at radius 2 is 1.95 bits per heavy atom. The number of carbonyl (C=O) groups excluding carboxylic acids is 2. The fourth-order valence-electron chi connectivity index (χ4n) is 4.43. The van der Waals surface area contributed by atoms with Crippen molar-refractivity contribution in [2.24, 2.45) is 5.92 Å². The molecule has 5 rings (SSSR count). The average Bonchev–Trinajstić information content (AvgIpc) is 3.25. The molecule has 0 spiro atoms. The molecule has 2 aliphatic heterocycles. The van der Waals surface area contributed by atoms with E-state index in [0.29, 0.717) is 29.0 Å². The number of imide groups is 1. The third-order valence-electron chi connectivity index (χ3n) is 6.53. The number of amides is 2. The van der Waals surface area contributed by atoms with Gasteiger partial charge in [0.2, 0.25) is 5.95 Å². The van der Waals surface area contributed by atoms with Gasteiger partial charge < -0.3 is 15.1 Å². The molecule has 2 saturated heterocycles. The van der Waals surface area contributed by atoms with Crippen LogP contribution in [0.5, 0.6) is 0 Å². The van der Waals surface area contributed by atoms with Crippen LogP contribution in [0.4, 0.5) is 16.6 Å². The Kier molecular flexibility index (Phi) is 7.94. The van der Waals surface area contributed by atoms with Crippen LogP contribution in [0.25, 0.3) is 17.3 Å². The molecule has 10 nitrogen and oxygen atoms in total. The average molecular weight is 531 g/mol. The maximum absolute atomic E-state index is 11.8. The predicted molar refractivity (Wildman–Crippen MR) is 150 cm³/mol. The molecular formula is C27H30N8O2S. The summed E-state index contributed by atoms with van der Waals surface area (Å²) >= 11 is 0.889. The third kappa shape index (κ3) is 6.35. The number of thioether (sulfide) groups is 1.